The minimum Gasteiger partial charge on any atom is -0.396 e. The summed E-state index contributed by atoms with van der Waals surface area (Å²) in [5.41, 5.74) is 0. The first kappa shape index (κ1) is 6.25. The number of aliphatic hydroxyl groups excluding tert-OH is 1. The number of hydrogen-bond donors (Lipinski definition) is 1. The molecule has 0 aliphatic carbocycles. The van der Waals surface area contributed by atoms with Crippen molar-refractivity contribution in [2.24, 2.45) is 0 Å². The molecule has 0 saturated carbocycles. The summed E-state index contributed by atoms with van der Waals surface area (Å²) in [6.07, 6.45) is 0.696. The van der Waals surface area contributed by atoms with Gasteiger partial charge >= 0.3 is 0 Å². The average molecular weight is 109 g/mol. The molecule has 0 heterocycles. The van der Waals surface area contributed by atoms with Gasteiger partial charge in [-0.15, -0.1) is 11.6 Å². The maximum Gasteiger partial charge on any atom is 0.0444 e. The van der Waals surface area contributed by atoms with Crippen LogP contribution in [0.5, 0.6) is 0 Å². The van der Waals surface area contributed by atoms with Crippen LogP contribution in [0.4, 0.5) is 0 Å². The fourth-order valence-corrected chi connectivity index (χ4v) is 0.275. The van der Waals surface area contributed by atoms with Gasteiger partial charge in [0.1, 0.15) is 0 Å². The monoisotopic (exact) mass is 108 g/mol. The van der Waals surface area contributed by atoms with Crippen LogP contribution in [0.25, 0.3) is 0 Å². The Hall–Kier alpha value is 0.250. The Balaban J connectivity index is 2.63. The van der Waals surface area contributed by atoms with Crippen molar-refractivity contribution in [1.29, 1.82) is 0 Å². The normalized spacial score (nSPS) is 14.5. The molecule has 0 aliphatic heterocycles. The highest BCUT2D eigenvalue weighted by Gasteiger charge is 1.89. The van der Waals surface area contributed by atoms with E-state index in [0.717, 1.165) is 0 Å². The lowest BCUT2D eigenvalue weighted by atomic mass is 10.4. The highest BCUT2D eigenvalue weighted by Crippen LogP contribution is 1.96. The molecule has 0 saturated heterocycles. The Bertz CT molecular complexity index is 28.7. The van der Waals surface area contributed by atoms with Crippen LogP contribution in [-0.2, 0) is 0 Å². The van der Waals surface area contributed by atoms with E-state index in [1.165, 1.54) is 0 Å². The summed E-state index contributed by atoms with van der Waals surface area (Å²) in [5.74, 6) is 0. The molecule has 1 nitrogen and oxygen atoms in total. The summed E-state index contributed by atoms with van der Waals surface area (Å²) >= 11 is 5.42. The quantitative estimate of drug-likeness (QED) is 0.524. The van der Waals surface area contributed by atoms with E-state index in [0.29, 0.717) is 6.42 Å². The van der Waals surface area contributed by atoms with E-state index >= 15 is 0 Å². The van der Waals surface area contributed by atoms with Crippen molar-refractivity contribution in [3.05, 3.63) is 0 Å². The summed E-state index contributed by atoms with van der Waals surface area (Å²) in [6.45, 7) is 2.06. The Labute approximate surface area is 42.9 Å². The predicted octanol–water partition coefficient (Wildman–Crippen LogP) is 0.996. The lowest BCUT2D eigenvalue weighted by Crippen LogP contribution is -1.92. The van der Waals surface area contributed by atoms with Crippen LogP contribution >= 0.6 is 11.6 Å². The summed E-state index contributed by atoms with van der Waals surface area (Å²) < 4.78 is 0. The van der Waals surface area contributed by atoms with Crippen LogP contribution in [0.1, 0.15) is 13.3 Å². The van der Waals surface area contributed by atoms with Gasteiger partial charge in [0.25, 0.3) is 0 Å². The van der Waals surface area contributed by atoms with Gasteiger partial charge in [0.2, 0.25) is 0 Å². The van der Waals surface area contributed by atoms with E-state index in [2.05, 4.69) is 0 Å². The molecule has 0 aromatic carbocycles. The zero-order valence-electron chi connectivity index (χ0n) is 3.82. The maximum atomic E-state index is 8.15. The zero-order chi connectivity index (χ0) is 4.99. The molecule has 0 bridgehead atoms. The van der Waals surface area contributed by atoms with Crippen molar-refractivity contribution in [2.45, 2.75) is 18.7 Å². The van der Waals surface area contributed by atoms with E-state index in [4.69, 9.17) is 16.7 Å². The highest BCUT2D eigenvalue weighted by molar-refractivity contribution is 6.20. The third-order valence-corrected chi connectivity index (χ3v) is 0.745. The van der Waals surface area contributed by atoms with Gasteiger partial charge in [-0.3, -0.25) is 0 Å². The molecule has 0 aliphatic rings. The SMILES string of the molecule is C[C@H](Cl)CCO. The lowest BCUT2D eigenvalue weighted by molar-refractivity contribution is 0.288. The van der Waals surface area contributed by atoms with Gasteiger partial charge in [0.15, 0.2) is 0 Å². The molecular formula is C4H9ClO. The molecule has 0 fully saturated rings. The minimum atomic E-state index is 0.120. The molecule has 0 spiro atoms. The second-order valence-corrected chi connectivity index (χ2v) is 2.04. The number of halogens is 1. The fraction of sp³-hybridized carbons (Fsp3) is 1.00. The van der Waals surface area contributed by atoms with Gasteiger partial charge in [-0.2, -0.15) is 0 Å². The number of alkyl halides is 1. The maximum absolute atomic E-state index is 8.15. The highest BCUT2D eigenvalue weighted by atomic mass is 35.5. The van der Waals surface area contributed by atoms with Crippen LogP contribution in [0.15, 0.2) is 0 Å². The average Bonchev–Trinajstić information content (AvgIpc) is 1.35. The summed E-state index contributed by atoms with van der Waals surface area (Å²) in [4.78, 5) is 0. The summed E-state index contributed by atoms with van der Waals surface area (Å²) in [6, 6.07) is 0. The van der Waals surface area contributed by atoms with Crippen molar-refractivity contribution in [1.82, 2.24) is 0 Å². The first-order valence-corrected chi connectivity index (χ1v) is 2.46. The second kappa shape index (κ2) is 3.44. The van der Waals surface area contributed by atoms with Crippen molar-refractivity contribution in [3.8, 4) is 0 Å². The molecule has 0 rings (SSSR count). The third kappa shape index (κ3) is 4.25. The standard InChI is InChI=1S/C4H9ClO/c1-4(5)2-3-6/h4,6H,2-3H2,1H3/t4-/m0/s1. The van der Waals surface area contributed by atoms with Gasteiger partial charge in [-0.25, -0.2) is 0 Å². The number of aliphatic hydroxyl groups is 1. The van der Waals surface area contributed by atoms with E-state index in [-0.39, 0.29) is 12.0 Å². The van der Waals surface area contributed by atoms with Gasteiger partial charge in [-0.1, -0.05) is 0 Å². The molecule has 1 N–H and O–H groups in total. The third-order valence-electron chi connectivity index (χ3n) is 0.527. The predicted molar refractivity (Wildman–Crippen MR) is 27.0 cm³/mol. The zero-order valence-corrected chi connectivity index (χ0v) is 4.57. The van der Waals surface area contributed by atoms with Gasteiger partial charge < -0.3 is 5.11 Å². The fourth-order valence-electron chi connectivity index (χ4n) is 0.178. The number of hydrogen-bond acceptors (Lipinski definition) is 1. The summed E-state index contributed by atoms with van der Waals surface area (Å²) in [5, 5.41) is 8.27. The van der Waals surface area contributed by atoms with E-state index in [1.807, 2.05) is 6.92 Å². The molecule has 2 heteroatoms. The van der Waals surface area contributed by atoms with Crippen LogP contribution in [0, 0.1) is 0 Å². The van der Waals surface area contributed by atoms with Crippen LogP contribution in [-0.4, -0.2) is 17.1 Å². The lowest BCUT2D eigenvalue weighted by Gasteiger charge is -1.92. The second-order valence-electron chi connectivity index (χ2n) is 1.29. The van der Waals surface area contributed by atoms with Crippen LogP contribution in [0.3, 0.4) is 0 Å². The van der Waals surface area contributed by atoms with Gasteiger partial charge in [-0.05, 0) is 13.3 Å². The molecule has 6 heavy (non-hydrogen) atoms. The van der Waals surface area contributed by atoms with Crippen molar-refractivity contribution >= 4 is 11.6 Å². The minimum absolute atomic E-state index is 0.120. The topological polar surface area (TPSA) is 20.2 Å². The van der Waals surface area contributed by atoms with E-state index in [9.17, 15) is 0 Å². The molecular weight excluding hydrogens is 99.5 g/mol. The molecule has 0 radical (unpaired) electrons. The van der Waals surface area contributed by atoms with Gasteiger partial charge in [0, 0.05) is 12.0 Å². The number of rotatable bonds is 2. The van der Waals surface area contributed by atoms with Crippen LogP contribution < -0.4 is 0 Å². The van der Waals surface area contributed by atoms with Crippen molar-refractivity contribution in [2.75, 3.05) is 6.61 Å². The molecule has 0 aromatic rings. The summed E-state index contributed by atoms with van der Waals surface area (Å²) in [7, 11) is 0. The molecule has 0 aromatic heterocycles. The molecule has 38 valence electrons. The Kier molecular flexibility index (Phi) is 3.58. The van der Waals surface area contributed by atoms with E-state index < -0.39 is 0 Å². The molecule has 0 unspecified atom stereocenters. The Morgan fingerprint density at radius 2 is 2.33 bits per heavy atom. The first-order valence-electron chi connectivity index (χ1n) is 2.02. The van der Waals surface area contributed by atoms with Gasteiger partial charge in [0.05, 0.1) is 0 Å². The Morgan fingerprint density at radius 3 is 2.33 bits per heavy atom. The Morgan fingerprint density at radius 1 is 1.83 bits per heavy atom. The van der Waals surface area contributed by atoms with Crippen LogP contribution in [0.2, 0.25) is 0 Å². The smallest absolute Gasteiger partial charge is 0.0444 e. The first-order chi connectivity index (χ1) is 2.77. The largest absolute Gasteiger partial charge is 0.396 e. The van der Waals surface area contributed by atoms with Crippen molar-refractivity contribution in [3.63, 3.8) is 0 Å². The molecule has 0 amide bonds. The molecule has 1 atom stereocenters. The van der Waals surface area contributed by atoms with E-state index in [1.54, 1.807) is 0 Å². The van der Waals surface area contributed by atoms with Crippen molar-refractivity contribution < 1.29 is 5.11 Å².